The summed E-state index contributed by atoms with van der Waals surface area (Å²) in [7, 11) is 3.69. The van der Waals surface area contributed by atoms with Gasteiger partial charge >= 0.3 is 5.97 Å². The minimum absolute atomic E-state index is 0.0161. The van der Waals surface area contributed by atoms with Crippen LogP contribution in [0.25, 0.3) is 22.0 Å². The third-order valence-electron chi connectivity index (χ3n) is 7.66. The van der Waals surface area contributed by atoms with Crippen molar-refractivity contribution in [2.45, 2.75) is 19.0 Å². The second-order valence-electron chi connectivity index (χ2n) is 10.9. The molecule has 1 fully saturated rings. The Morgan fingerprint density at radius 2 is 1.69 bits per heavy atom. The van der Waals surface area contributed by atoms with Crippen molar-refractivity contribution < 1.29 is 24.5 Å². The number of fused-ring (bicyclic) bond motifs is 1. The maximum Gasteiger partial charge on any atom is 0.336 e. The highest BCUT2D eigenvalue weighted by Gasteiger charge is 2.20. The maximum absolute atomic E-state index is 13.2. The zero-order chi connectivity index (χ0) is 29.6. The minimum atomic E-state index is -1.13. The Labute approximate surface area is 245 Å². The second-order valence-corrected chi connectivity index (χ2v) is 10.9. The van der Waals surface area contributed by atoms with Gasteiger partial charge in [0.15, 0.2) is 0 Å². The third kappa shape index (κ3) is 7.12. The SMILES string of the molecule is COCC(Cc1ccc(O)cc1)NC(=O)c1cc(C(=O)O)c2cc(-c3cccc(CN4CCN(C)CC4)c3)ccc2n1. The molecule has 218 valence electrons. The van der Waals surface area contributed by atoms with E-state index in [0.29, 0.717) is 17.3 Å². The summed E-state index contributed by atoms with van der Waals surface area (Å²) in [5, 5.41) is 23.0. The van der Waals surface area contributed by atoms with Crippen LogP contribution in [-0.4, -0.2) is 89.9 Å². The Bertz CT molecular complexity index is 1570. The molecule has 3 aromatic carbocycles. The first-order valence-corrected chi connectivity index (χ1v) is 14.0. The van der Waals surface area contributed by atoms with Gasteiger partial charge in [-0.3, -0.25) is 9.69 Å². The lowest BCUT2D eigenvalue weighted by atomic mass is 9.98. The van der Waals surface area contributed by atoms with Crippen LogP contribution in [0.5, 0.6) is 5.75 Å². The van der Waals surface area contributed by atoms with E-state index in [1.807, 2.05) is 24.3 Å². The molecule has 4 aromatic rings. The molecule has 42 heavy (non-hydrogen) atoms. The number of rotatable bonds is 10. The predicted octanol–water partition coefficient (Wildman–Crippen LogP) is 4.04. The molecule has 3 N–H and O–H groups in total. The summed E-state index contributed by atoms with van der Waals surface area (Å²) in [5.74, 6) is -1.45. The number of phenolic OH excluding ortho intramolecular Hbond substituents is 1. The van der Waals surface area contributed by atoms with Crippen LogP contribution in [-0.2, 0) is 17.7 Å². The normalized spacial score (nSPS) is 15.0. The first-order chi connectivity index (χ1) is 20.3. The van der Waals surface area contributed by atoms with Gasteiger partial charge in [0.05, 0.1) is 23.7 Å². The summed E-state index contributed by atoms with van der Waals surface area (Å²) < 4.78 is 5.30. The van der Waals surface area contributed by atoms with Gasteiger partial charge in [-0.05, 0) is 72.1 Å². The van der Waals surface area contributed by atoms with Crippen molar-refractivity contribution in [2.24, 2.45) is 0 Å². The largest absolute Gasteiger partial charge is 0.508 e. The number of phenols is 1. The van der Waals surface area contributed by atoms with E-state index in [0.717, 1.165) is 49.4 Å². The topological polar surface area (TPSA) is 115 Å². The zero-order valence-electron chi connectivity index (χ0n) is 23.9. The Morgan fingerprint density at radius 1 is 0.952 bits per heavy atom. The number of carbonyl (C=O) groups excluding carboxylic acids is 1. The lowest BCUT2D eigenvalue weighted by Gasteiger charge is -2.32. The Kier molecular flexibility index (Phi) is 9.12. The summed E-state index contributed by atoms with van der Waals surface area (Å²) in [6, 6.07) is 21.5. The smallest absolute Gasteiger partial charge is 0.336 e. The fourth-order valence-corrected chi connectivity index (χ4v) is 5.34. The van der Waals surface area contributed by atoms with Gasteiger partial charge in [0.2, 0.25) is 0 Å². The highest BCUT2D eigenvalue weighted by Crippen LogP contribution is 2.28. The molecule has 0 aliphatic carbocycles. The third-order valence-corrected chi connectivity index (χ3v) is 7.66. The fourth-order valence-electron chi connectivity index (χ4n) is 5.34. The van der Waals surface area contributed by atoms with Gasteiger partial charge in [-0.15, -0.1) is 0 Å². The van der Waals surface area contributed by atoms with Crippen molar-refractivity contribution in [3.8, 4) is 16.9 Å². The number of carbonyl (C=O) groups is 2. The molecule has 1 amide bonds. The van der Waals surface area contributed by atoms with Crippen LogP contribution in [0.4, 0.5) is 0 Å². The number of hydrogen-bond acceptors (Lipinski definition) is 7. The summed E-state index contributed by atoms with van der Waals surface area (Å²) >= 11 is 0. The summed E-state index contributed by atoms with van der Waals surface area (Å²) in [6.07, 6.45) is 0.469. The first kappa shape index (κ1) is 29.2. The monoisotopic (exact) mass is 568 g/mol. The Morgan fingerprint density at radius 3 is 2.40 bits per heavy atom. The van der Waals surface area contributed by atoms with Crippen LogP contribution in [0.3, 0.4) is 0 Å². The van der Waals surface area contributed by atoms with Gasteiger partial charge in [-0.25, -0.2) is 9.78 Å². The molecule has 1 saturated heterocycles. The van der Waals surface area contributed by atoms with Crippen molar-refractivity contribution in [3.05, 3.63) is 95.2 Å². The molecule has 1 aliphatic heterocycles. The average molecular weight is 569 g/mol. The number of nitrogens with one attached hydrogen (secondary N) is 1. The lowest BCUT2D eigenvalue weighted by molar-refractivity contribution is 0.0699. The van der Waals surface area contributed by atoms with Crippen LogP contribution in [0.2, 0.25) is 0 Å². The summed E-state index contributed by atoms with van der Waals surface area (Å²) in [6.45, 7) is 5.30. The van der Waals surface area contributed by atoms with Crippen molar-refractivity contribution in [3.63, 3.8) is 0 Å². The molecule has 9 heteroatoms. The molecule has 1 atom stereocenters. The fraction of sp³-hybridized carbons (Fsp3) is 0.303. The molecule has 0 spiro atoms. The first-order valence-electron chi connectivity index (χ1n) is 14.0. The zero-order valence-corrected chi connectivity index (χ0v) is 23.9. The highest BCUT2D eigenvalue weighted by atomic mass is 16.5. The lowest BCUT2D eigenvalue weighted by Crippen LogP contribution is -2.43. The summed E-state index contributed by atoms with van der Waals surface area (Å²) in [4.78, 5) is 34.9. The summed E-state index contributed by atoms with van der Waals surface area (Å²) in [5.41, 5.74) is 4.47. The minimum Gasteiger partial charge on any atom is -0.508 e. The van der Waals surface area contributed by atoms with E-state index in [4.69, 9.17) is 4.74 Å². The number of carboxylic acid groups (broad SMARTS) is 1. The van der Waals surface area contributed by atoms with Gasteiger partial charge in [-0.2, -0.15) is 0 Å². The van der Waals surface area contributed by atoms with Gasteiger partial charge in [-0.1, -0.05) is 36.4 Å². The van der Waals surface area contributed by atoms with Crippen molar-refractivity contribution >= 4 is 22.8 Å². The average Bonchev–Trinajstić information content (AvgIpc) is 2.99. The number of aromatic carboxylic acids is 1. The number of piperazine rings is 1. The molecule has 1 aromatic heterocycles. The van der Waals surface area contributed by atoms with E-state index in [1.54, 1.807) is 37.4 Å². The van der Waals surface area contributed by atoms with Crippen molar-refractivity contribution in [1.82, 2.24) is 20.1 Å². The number of aromatic hydroxyl groups is 1. The van der Waals surface area contributed by atoms with Gasteiger partial charge in [0, 0.05) is 45.2 Å². The molecule has 0 bridgehead atoms. The van der Waals surface area contributed by atoms with Crippen LogP contribution < -0.4 is 5.32 Å². The van der Waals surface area contributed by atoms with Crippen LogP contribution >= 0.6 is 0 Å². The Balaban J connectivity index is 1.38. The van der Waals surface area contributed by atoms with E-state index >= 15 is 0 Å². The number of ether oxygens (including phenoxy) is 1. The van der Waals surface area contributed by atoms with E-state index in [9.17, 15) is 19.8 Å². The highest BCUT2D eigenvalue weighted by molar-refractivity contribution is 6.06. The van der Waals surface area contributed by atoms with Crippen LogP contribution in [0.1, 0.15) is 32.0 Å². The number of amides is 1. The standard InChI is InChI=1S/C33H36N4O5/c1-36-12-14-37(15-13-36)20-23-4-3-5-24(16-23)25-8-11-30-28(18-25)29(33(40)41)19-31(35-30)32(39)34-26(21-42-2)17-22-6-9-27(38)10-7-22/h3-11,16,18-19,26,38H,12-15,17,20-21H2,1-2H3,(H,34,39)(H,40,41). The maximum atomic E-state index is 13.2. The second kappa shape index (κ2) is 13.1. The quantitative estimate of drug-likeness (QED) is 0.263. The number of pyridine rings is 1. The molecule has 9 nitrogen and oxygen atoms in total. The number of likely N-dealkylation sites (N-methyl/N-ethyl adjacent to an activating group) is 1. The number of benzene rings is 3. The van der Waals surface area contributed by atoms with Crippen LogP contribution in [0.15, 0.2) is 72.8 Å². The predicted molar refractivity (Wildman–Crippen MR) is 162 cm³/mol. The molecule has 0 saturated carbocycles. The molecule has 1 aliphatic rings. The number of nitrogens with zero attached hydrogens (tertiary/aromatic N) is 3. The number of carboxylic acids is 1. The van der Waals surface area contributed by atoms with Gasteiger partial charge in [0.1, 0.15) is 11.4 Å². The number of aromatic nitrogens is 1. The van der Waals surface area contributed by atoms with E-state index in [1.165, 1.54) is 11.6 Å². The van der Waals surface area contributed by atoms with Crippen molar-refractivity contribution in [2.75, 3.05) is 46.9 Å². The van der Waals surface area contributed by atoms with Crippen molar-refractivity contribution in [1.29, 1.82) is 0 Å². The van der Waals surface area contributed by atoms with E-state index < -0.39 is 11.9 Å². The molecular weight excluding hydrogens is 532 g/mol. The number of hydrogen-bond donors (Lipinski definition) is 3. The van der Waals surface area contributed by atoms with Gasteiger partial charge < -0.3 is 25.2 Å². The molecule has 1 unspecified atom stereocenters. The Hall–Kier alpha value is -4.31. The van der Waals surface area contributed by atoms with E-state index in [2.05, 4.69) is 39.3 Å². The molecule has 0 radical (unpaired) electrons. The number of methoxy groups -OCH3 is 1. The van der Waals surface area contributed by atoms with Gasteiger partial charge in [0.25, 0.3) is 5.91 Å². The van der Waals surface area contributed by atoms with E-state index in [-0.39, 0.29) is 29.7 Å². The van der Waals surface area contributed by atoms with Crippen LogP contribution in [0, 0.1) is 0 Å². The molecular formula is C33H36N4O5. The molecule has 5 rings (SSSR count). The molecule has 2 heterocycles.